The third-order valence-corrected chi connectivity index (χ3v) is 3.63. The lowest BCUT2D eigenvalue weighted by Crippen LogP contribution is -2.11. The summed E-state index contributed by atoms with van der Waals surface area (Å²) in [4.78, 5) is 11.1. The van der Waals surface area contributed by atoms with Gasteiger partial charge in [0.25, 0.3) is 0 Å². The molecule has 6 heteroatoms. The zero-order valence-corrected chi connectivity index (χ0v) is 12.7. The van der Waals surface area contributed by atoms with Gasteiger partial charge in [0.1, 0.15) is 17.3 Å². The van der Waals surface area contributed by atoms with Crippen LogP contribution in [0.5, 0.6) is 11.5 Å². The first-order valence-electron chi connectivity index (χ1n) is 5.19. The van der Waals surface area contributed by atoms with Crippen LogP contribution in [-0.2, 0) is 0 Å². The van der Waals surface area contributed by atoms with Crippen molar-refractivity contribution in [3.05, 3.63) is 56.7 Å². The maximum Gasteiger partial charge on any atom is 0.249 e. The van der Waals surface area contributed by atoms with Crippen LogP contribution in [0.15, 0.2) is 45.3 Å². The summed E-state index contributed by atoms with van der Waals surface area (Å²) in [5.41, 5.74) is 5.55. The Morgan fingerprint density at radius 1 is 1.05 bits per heavy atom. The Kier molecular flexibility index (Phi) is 4.21. The van der Waals surface area contributed by atoms with Gasteiger partial charge in [-0.05, 0) is 62.2 Å². The Morgan fingerprint density at radius 2 is 1.68 bits per heavy atom. The van der Waals surface area contributed by atoms with Crippen molar-refractivity contribution in [2.75, 3.05) is 0 Å². The summed E-state index contributed by atoms with van der Waals surface area (Å²) in [6.07, 6.45) is 0. The number of hydrogen-bond acceptors (Lipinski definition) is 2. The van der Waals surface area contributed by atoms with E-state index in [9.17, 15) is 9.18 Å². The second-order valence-electron chi connectivity index (χ2n) is 3.68. The Morgan fingerprint density at radius 3 is 2.26 bits per heavy atom. The predicted octanol–water partition coefficient (Wildman–Crippen LogP) is 4.24. The van der Waals surface area contributed by atoms with Crippen molar-refractivity contribution >= 4 is 37.8 Å². The largest absolute Gasteiger partial charge is 0.457 e. The van der Waals surface area contributed by atoms with Crippen LogP contribution in [0.1, 0.15) is 10.4 Å². The van der Waals surface area contributed by atoms with E-state index in [1.807, 2.05) is 0 Å². The molecule has 2 aromatic carbocycles. The molecule has 0 radical (unpaired) electrons. The lowest BCUT2D eigenvalue weighted by molar-refractivity contribution is 0.0999. The number of carbonyl (C=O) groups excluding carboxylic acids is 1. The van der Waals surface area contributed by atoms with Crippen LogP contribution in [-0.4, -0.2) is 5.91 Å². The Hall–Kier alpha value is -1.40. The number of amides is 1. The van der Waals surface area contributed by atoms with Crippen molar-refractivity contribution in [1.29, 1.82) is 0 Å². The van der Waals surface area contributed by atoms with Crippen molar-refractivity contribution in [2.45, 2.75) is 0 Å². The third-order valence-electron chi connectivity index (χ3n) is 2.33. The van der Waals surface area contributed by atoms with Crippen LogP contribution in [0.2, 0.25) is 0 Å². The molecular formula is C13H8Br2FNO2. The molecule has 0 bridgehead atoms. The molecule has 0 unspecified atom stereocenters. The van der Waals surface area contributed by atoms with Gasteiger partial charge in [0.05, 0.1) is 10.0 Å². The average molecular weight is 389 g/mol. The minimum atomic E-state index is -0.534. The fourth-order valence-corrected chi connectivity index (χ4v) is 2.24. The lowest BCUT2D eigenvalue weighted by atomic mass is 10.2. The highest BCUT2D eigenvalue weighted by Gasteiger charge is 2.08. The van der Waals surface area contributed by atoms with Gasteiger partial charge < -0.3 is 10.5 Å². The highest BCUT2D eigenvalue weighted by Crippen LogP contribution is 2.28. The molecule has 0 aromatic heterocycles. The molecule has 0 atom stereocenters. The minimum absolute atomic E-state index is 0.356. The summed E-state index contributed by atoms with van der Waals surface area (Å²) in [7, 11) is 0. The Labute approximate surface area is 125 Å². The van der Waals surface area contributed by atoms with Crippen LogP contribution in [0.4, 0.5) is 4.39 Å². The Bertz CT molecular complexity index is 647. The number of hydrogen-bond donors (Lipinski definition) is 1. The minimum Gasteiger partial charge on any atom is -0.457 e. The van der Waals surface area contributed by atoms with Gasteiger partial charge in [-0.2, -0.15) is 0 Å². The van der Waals surface area contributed by atoms with E-state index >= 15 is 0 Å². The summed E-state index contributed by atoms with van der Waals surface area (Å²) < 4.78 is 19.7. The summed E-state index contributed by atoms with van der Waals surface area (Å²) in [5, 5.41) is 0. The molecular weight excluding hydrogens is 381 g/mol. The molecule has 0 aliphatic heterocycles. The van der Waals surface area contributed by atoms with Crippen molar-refractivity contribution in [2.24, 2.45) is 5.73 Å². The van der Waals surface area contributed by atoms with Crippen LogP contribution >= 0.6 is 31.9 Å². The topological polar surface area (TPSA) is 52.3 Å². The monoisotopic (exact) mass is 387 g/mol. The van der Waals surface area contributed by atoms with Crippen LogP contribution in [0, 0.1) is 5.82 Å². The van der Waals surface area contributed by atoms with Gasteiger partial charge in [0.2, 0.25) is 5.91 Å². The molecule has 2 aromatic rings. The van der Waals surface area contributed by atoms with E-state index < -0.39 is 11.7 Å². The highest BCUT2D eigenvalue weighted by atomic mass is 79.9. The standard InChI is InChI=1S/C13H8Br2FNO2/c14-10-4-2-8(6-12(10)16)19-7-1-3-9(13(17)18)11(15)5-7/h1-6H,(H2,17,18). The molecule has 0 heterocycles. The molecule has 2 rings (SSSR count). The molecule has 0 saturated carbocycles. The SMILES string of the molecule is NC(=O)c1ccc(Oc2ccc(Br)c(F)c2)cc1Br. The van der Waals surface area contributed by atoms with E-state index in [0.717, 1.165) is 0 Å². The first kappa shape index (κ1) is 14.0. The van der Waals surface area contributed by atoms with E-state index in [1.54, 1.807) is 24.3 Å². The van der Waals surface area contributed by atoms with E-state index in [2.05, 4.69) is 31.9 Å². The molecule has 98 valence electrons. The maximum absolute atomic E-state index is 13.3. The number of nitrogens with two attached hydrogens (primary N) is 1. The molecule has 0 fully saturated rings. The Balaban J connectivity index is 2.26. The third kappa shape index (κ3) is 3.33. The smallest absolute Gasteiger partial charge is 0.249 e. The fourth-order valence-electron chi connectivity index (χ4n) is 1.44. The van der Waals surface area contributed by atoms with Gasteiger partial charge in [-0.1, -0.05) is 0 Å². The quantitative estimate of drug-likeness (QED) is 0.854. The van der Waals surface area contributed by atoms with E-state index in [0.29, 0.717) is 26.0 Å². The molecule has 1 amide bonds. The average Bonchev–Trinajstić information content (AvgIpc) is 2.33. The van der Waals surface area contributed by atoms with Gasteiger partial charge in [0.15, 0.2) is 0 Å². The van der Waals surface area contributed by atoms with Crippen molar-refractivity contribution in [3.63, 3.8) is 0 Å². The number of ether oxygens (including phenoxy) is 1. The van der Waals surface area contributed by atoms with Crippen molar-refractivity contribution in [1.82, 2.24) is 0 Å². The van der Waals surface area contributed by atoms with Crippen LogP contribution in [0.3, 0.4) is 0 Å². The zero-order valence-electron chi connectivity index (χ0n) is 9.49. The van der Waals surface area contributed by atoms with Crippen molar-refractivity contribution < 1.29 is 13.9 Å². The molecule has 3 nitrogen and oxygen atoms in total. The normalized spacial score (nSPS) is 10.3. The van der Waals surface area contributed by atoms with E-state index in [4.69, 9.17) is 10.5 Å². The maximum atomic E-state index is 13.3. The fraction of sp³-hybridized carbons (Fsp3) is 0. The second-order valence-corrected chi connectivity index (χ2v) is 5.39. The van der Waals surface area contributed by atoms with Crippen LogP contribution in [0.25, 0.3) is 0 Å². The van der Waals surface area contributed by atoms with E-state index in [1.165, 1.54) is 12.1 Å². The van der Waals surface area contributed by atoms with Gasteiger partial charge in [-0.15, -0.1) is 0 Å². The summed E-state index contributed by atoms with van der Waals surface area (Å²) in [5.74, 6) is -0.114. The number of rotatable bonds is 3. The summed E-state index contributed by atoms with van der Waals surface area (Å²) in [6.45, 7) is 0. The van der Waals surface area contributed by atoms with Crippen molar-refractivity contribution in [3.8, 4) is 11.5 Å². The van der Waals surface area contributed by atoms with Gasteiger partial charge >= 0.3 is 0 Å². The molecule has 19 heavy (non-hydrogen) atoms. The van der Waals surface area contributed by atoms with Gasteiger partial charge in [0, 0.05) is 10.5 Å². The molecule has 0 spiro atoms. The summed E-state index contributed by atoms with van der Waals surface area (Å²) >= 11 is 6.29. The highest BCUT2D eigenvalue weighted by molar-refractivity contribution is 9.10. The van der Waals surface area contributed by atoms with Crippen LogP contribution < -0.4 is 10.5 Å². The number of carbonyl (C=O) groups is 1. The predicted molar refractivity (Wildman–Crippen MR) is 76.8 cm³/mol. The lowest BCUT2D eigenvalue weighted by Gasteiger charge is -2.08. The summed E-state index contributed by atoms with van der Waals surface area (Å²) in [6, 6.07) is 9.17. The zero-order chi connectivity index (χ0) is 14.0. The second kappa shape index (κ2) is 5.71. The molecule has 0 saturated heterocycles. The first-order chi connectivity index (χ1) is 8.97. The molecule has 0 aliphatic rings. The number of halogens is 3. The van der Waals surface area contributed by atoms with Gasteiger partial charge in [-0.25, -0.2) is 4.39 Å². The molecule has 0 aliphatic carbocycles. The number of benzene rings is 2. The molecule has 2 N–H and O–H groups in total. The number of primary amides is 1. The first-order valence-corrected chi connectivity index (χ1v) is 6.78. The van der Waals surface area contributed by atoms with Gasteiger partial charge in [-0.3, -0.25) is 4.79 Å². The van der Waals surface area contributed by atoms with E-state index in [-0.39, 0.29) is 0 Å².